The van der Waals surface area contributed by atoms with E-state index in [1.807, 2.05) is 20.8 Å². The number of aryl methyl sites for hydroxylation is 1. The average Bonchev–Trinajstić information content (AvgIpc) is 2.84. The molecule has 0 saturated carbocycles. The molecule has 0 saturated heterocycles. The zero-order chi connectivity index (χ0) is 26.3. The van der Waals surface area contributed by atoms with Gasteiger partial charge in [-0.2, -0.15) is 4.31 Å². The zero-order valence-electron chi connectivity index (χ0n) is 20.5. The van der Waals surface area contributed by atoms with Crippen LogP contribution in [-0.2, 0) is 37.4 Å². The number of sulfonamides is 1. The molecule has 192 valence electrons. The molecule has 1 aromatic heterocycles. The van der Waals surface area contributed by atoms with Crippen molar-refractivity contribution in [3.05, 3.63) is 62.0 Å². The summed E-state index contributed by atoms with van der Waals surface area (Å²) >= 11 is 3.22. The highest BCUT2D eigenvalue weighted by Crippen LogP contribution is 2.24. The molecule has 0 bridgehead atoms. The molecule has 0 fully saturated rings. The Morgan fingerprint density at radius 2 is 1.69 bits per heavy atom. The van der Waals surface area contributed by atoms with Gasteiger partial charge in [0.2, 0.25) is 10.0 Å². The van der Waals surface area contributed by atoms with Gasteiger partial charge in [0.15, 0.2) is 0 Å². The summed E-state index contributed by atoms with van der Waals surface area (Å²) in [5.74, 6) is -1.41. The van der Waals surface area contributed by atoms with Crippen LogP contribution in [0.15, 0.2) is 44.5 Å². The number of pyridine rings is 1. The monoisotopic (exact) mass is 570 g/mol. The highest BCUT2D eigenvalue weighted by molar-refractivity contribution is 9.10. The SMILES string of the molecule is CCC(CC)Cn1c(CN(CC(=O)OC)S(=O)(=O)c2ccc(C)cc2)c(C(=O)OC)cc(Br)c1=O. The summed E-state index contributed by atoms with van der Waals surface area (Å²) in [6, 6.07) is 7.49. The van der Waals surface area contributed by atoms with E-state index in [1.165, 1.54) is 29.9 Å². The molecule has 0 amide bonds. The Bertz CT molecular complexity index is 1220. The summed E-state index contributed by atoms with van der Waals surface area (Å²) in [6.07, 6.45) is 1.55. The maximum Gasteiger partial charge on any atom is 0.339 e. The zero-order valence-corrected chi connectivity index (χ0v) is 22.9. The van der Waals surface area contributed by atoms with Gasteiger partial charge in [-0.1, -0.05) is 44.4 Å². The van der Waals surface area contributed by atoms with E-state index in [0.29, 0.717) is 0 Å². The number of rotatable bonds is 11. The number of esters is 2. The average molecular weight is 571 g/mol. The number of carbonyl (C=O) groups is 2. The molecule has 0 aliphatic heterocycles. The third kappa shape index (κ3) is 6.80. The lowest BCUT2D eigenvalue weighted by Crippen LogP contribution is -2.39. The fraction of sp³-hybridized carbons (Fsp3) is 0.458. The Morgan fingerprint density at radius 3 is 2.20 bits per heavy atom. The highest BCUT2D eigenvalue weighted by atomic mass is 79.9. The van der Waals surface area contributed by atoms with Crippen molar-refractivity contribution in [2.75, 3.05) is 20.8 Å². The second-order valence-corrected chi connectivity index (χ2v) is 10.9. The van der Waals surface area contributed by atoms with E-state index in [-0.39, 0.29) is 33.1 Å². The number of hydrogen-bond acceptors (Lipinski definition) is 7. The molecule has 0 aliphatic carbocycles. The summed E-state index contributed by atoms with van der Waals surface area (Å²) in [5, 5.41) is 0. The minimum atomic E-state index is -4.20. The van der Waals surface area contributed by atoms with E-state index in [0.717, 1.165) is 29.8 Å². The van der Waals surface area contributed by atoms with Crippen LogP contribution in [0.25, 0.3) is 0 Å². The lowest BCUT2D eigenvalue weighted by Gasteiger charge is -2.26. The number of hydrogen-bond donors (Lipinski definition) is 0. The van der Waals surface area contributed by atoms with Gasteiger partial charge in [-0.05, 0) is 47.0 Å². The highest BCUT2D eigenvalue weighted by Gasteiger charge is 2.31. The van der Waals surface area contributed by atoms with E-state index >= 15 is 0 Å². The molecule has 0 atom stereocenters. The first-order valence-electron chi connectivity index (χ1n) is 11.1. The molecule has 0 radical (unpaired) electrons. The number of carbonyl (C=O) groups excluding carboxylic acids is 2. The van der Waals surface area contributed by atoms with Gasteiger partial charge >= 0.3 is 11.9 Å². The summed E-state index contributed by atoms with van der Waals surface area (Å²) in [5.41, 5.74) is 0.615. The number of halogens is 1. The van der Waals surface area contributed by atoms with Crippen molar-refractivity contribution in [1.29, 1.82) is 0 Å². The van der Waals surface area contributed by atoms with Crippen molar-refractivity contribution < 1.29 is 27.5 Å². The van der Waals surface area contributed by atoms with Crippen LogP contribution in [-0.4, -0.2) is 50.0 Å². The van der Waals surface area contributed by atoms with Gasteiger partial charge in [-0.15, -0.1) is 0 Å². The summed E-state index contributed by atoms with van der Waals surface area (Å²) in [7, 11) is -1.84. The minimum Gasteiger partial charge on any atom is -0.468 e. The molecule has 0 aliphatic rings. The van der Waals surface area contributed by atoms with Gasteiger partial charge in [0.05, 0.1) is 41.4 Å². The van der Waals surface area contributed by atoms with Crippen LogP contribution in [0.5, 0.6) is 0 Å². The predicted octanol–water partition coefficient (Wildman–Crippen LogP) is 3.51. The quantitative estimate of drug-likeness (QED) is 0.380. The number of ether oxygens (including phenoxy) is 2. The van der Waals surface area contributed by atoms with Crippen LogP contribution < -0.4 is 5.56 Å². The summed E-state index contributed by atoms with van der Waals surface area (Å²) in [4.78, 5) is 38.0. The Labute approximate surface area is 214 Å². The van der Waals surface area contributed by atoms with Gasteiger partial charge in [-0.25, -0.2) is 13.2 Å². The van der Waals surface area contributed by atoms with Crippen molar-refractivity contribution in [1.82, 2.24) is 8.87 Å². The number of nitrogens with zero attached hydrogens (tertiary/aromatic N) is 2. The lowest BCUT2D eigenvalue weighted by atomic mass is 10.0. The second kappa shape index (κ2) is 12.5. The normalized spacial score (nSPS) is 11.7. The maximum atomic E-state index is 13.6. The van der Waals surface area contributed by atoms with Gasteiger partial charge in [0, 0.05) is 6.54 Å². The summed E-state index contributed by atoms with van der Waals surface area (Å²) < 4.78 is 39.2. The first-order valence-corrected chi connectivity index (χ1v) is 13.4. The molecule has 9 nitrogen and oxygen atoms in total. The van der Waals surface area contributed by atoms with Gasteiger partial charge in [0.25, 0.3) is 5.56 Å². The van der Waals surface area contributed by atoms with Crippen molar-refractivity contribution >= 4 is 37.9 Å². The Balaban J connectivity index is 2.76. The van der Waals surface area contributed by atoms with E-state index in [2.05, 4.69) is 15.9 Å². The number of aromatic nitrogens is 1. The maximum absolute atomic E-state index is 13.6. The molecule has 0 N–H and O–H groups in total. The Morgan fingerprint density at radius 1 is 1.09 bits per heavy atom. The summed E-state index contributed by atoms with van der Waals surface area (Å²) in [6.45, 7) is 5.04. The number of benzene rings is 1. The van der Waals surface area contributed by atoms with Gasteiger partial charge < -0.3 is 14.0 Å². The third-order valence-corrected chi connectivity index (χ3v) is 8.25. The predicted molar refractivity (Wildman–Crippen MR) is 135 cm³/mol. The molecule has 0 spiro atoms. The molecule has 11 heteroatoms. The first-order chi connectivity index (χ1) is 16.5. The molecule has 2 rings (SSSR count). The van der Waals surface area contributed by atoms with E-state index < -0.39 is 40.6 Å². The molecular weight excluding hydrogens is 540 g/mol. The first kappa shape index (κ1) is 28.7. The van der Waals surface area contributed by atoms with Crippen molar-refractivity contribution in [3.63, 3.8) is 0 Å². The smallest absolute Gasteiger partial charge is 0.339 e. The van der Waals surface area contributed by atoms with Crippen LogP contribution in [0.4, 0.5) is 0 Å². The van der Waals surface area contributed by atoms with E-state index in [9.17, 15) is 22.8 Å². The van der Waals surface area contributed by atoms with Crippen LogP contribution in [0, 0.1) is 12.8 Å². The minimum absolute atomic E-state index is 0.0268. The Hall–Kier alpha value is -2.50. The fourth-order valence-electron chi connectivity index (χ4n) is 3.58. The van der Waals surface area contributed by atoms with Crippen LogP contribution in [0.3, 0.4) is 0 Å². The second-order valence-electron chi connectivity index (χ2n) is 8.10. The van der Waals surface area contributed by atoms with Crippen molar-refractivity contribution in [2.24, 2.45) is 5.92 Å². The topological polar surface area (TPSA) is 112 Å². The van der Waals surface area contributed by atoms with Gasteiger partial charge in [-0.3, -0.25) is 9.59 Å². The Kier molecular flexibility index (Phi) is 10.2. The molecule has 0 unspecified atom stereocenters. The molecule has 1 aromatic carbocycles. The van der Waals surface area contributed by atoms with E-state index in [1.54, 1.807) is 12.1 Å². The largest absolute Gasteiger partial charge is 0.468 e. The van der Waals surface area contributed by atoms with Gasteiger partial charge in [0.1, 0.15) is 6.54 Å². The molecule has 35 heavy (non-hydrogen) atoms. The molecule has 2 aromatic rings. The van der Waals surface area contributed by atoms with E-state index in [4.69, 9.17) is 9.47 Å². The standard InChI is InChI=1S/C24H31BrN2O7S/c1-6-17(7-2)13-27-21(19(24(30)34-5)12-20(25)23(27)29)14-26(15-22(28)33-4)35(31,32)18-10-8-16(3)9-11-18/h8-12,17H,6-7,13-15H2,1-5H3. The van der Waals surface area contributed by atoms with Crippen LogP contribution >= 0.6 is 15.9 Å². The fourth-order valence-corrected chi connectivity index (χ4v) is 5.37. The molecular formula is C24H31BrN2O7S. The van der Waals surface area contributed by atoms with Crippen molar-refractivity contribution in [2.45, 2.75) is 51.6 Å². The number of methoxy groups -OCH3 is 2. The third-order valence-electron chi connectivity index (χ3n) is 5.88. The molecule has 1 heterocycles. The lowest BCUT2D eigenvalue weighted by molar-refractivity contribution is -0.140. The van der Waals surface area contributed by atoms with Crippen molar-refractivity contribution in [3.8, 4) is 0 Å². The van der Waals surface area contributed by atoms with Crippen LogP contribution in [0.1, 0.15) is 48.3 Å². The van der Waals surface area contributed by atoms with Crippen LogP contribution in [0.2, 0.25) is 0 Å².